The first-order chi connectivity index (χ1) is 17.5. The van der Waals surface area contributed by atoms with E-state index in [1.807, 2.05) is 25.1 Å². The highest BCUT2D eigenvalue weighted by molar-refractivity contribution is 7.22. The van der Waals surface area contributed by atoms with E-state index in [0.717, 1.165) is 15.8 Å². The van der Waals surface area contributed by atoms with E-state index in [9.17, 15) is 9.59 Å². The average molecular weight is 500 g/mol. The summed E-state index contributed by atoms with van der Waals surface area (Å²) in [6.07, 6.45) is 2.64. The molecule has 5 aromatic rings. The highest BCUT2D eigenvalue weighted by atomic mass is 32.1. The molecular weight excluding hydrogens is 478 g/mol. The molecule has 0 aliphatic heterocycles. The van der Waals surface area contributed by atoms with Crippen LogP contribution in [-0.4, -0.2) is 31.3 Å². The third-order valence-corrected chi connectivity index (χ3v) is 6.55. The lowest BCUT2D eigenvalue weighted by atomic mass is 10.2. The zero-order valence-corrected chi connectivity index (χ0v) is 20.5. The summed E-state index contributed by atoms with van der Waals surface area (Å²) in [5.41, 5.74) is 2.55. The molecule has 0 fully saturated rings. The average Bonchev–Trinajstić information content (AvgIpc) is 3.32. The monoisotopic (exact) mass is 499 g/mol. The van der Waals surface area contributed by atoms with E-state index in [4.69, 9.17) is 13.9 Å². The molecule has 0 radical (unpaired) electrons. The molecule has 0 saturated carbocycles. The number of amides is 1. The highest BCUT2D eigenvalue weighted by Gasteiger charge is 2.23. The molecule has 9 heteroatoms. The fraction of sp³-hybridized carbons (Fsp3) is 0.111. The highest BCUT2D eigenvalue weighted by Crippen LogP contribution is 2.32. The third-order valence-electron chi connectivity index (χ3n) is 5.56. The van der Waals surface area contributed by atoms with Gasteiger partial charge in [0.15, 0.2) is 11.5 Å². The maximum atomic E-state index is 13.7. The fourth-order valence-electron chi connectivity index (χ4n) is 3.69. The second-order valence-electron chi connectivity index (χ2n) is 7.92. The molecule has 0 saturated heterocycles. The van der Waals surface area contributed by atoms with E-state index in [1.165, 1.54) is 43.0 Å². The third kappa shape index (κ3) is 4.32. The van der Waals surface area contributed by atoms with Crippen molar-refractivity contribution in [3.05, 3.63) is 93.8 Å². The van der Waals surface area contributed by atoms with Gasteiger partial charge in [0.05, 0.1) is 41.6 Å². The number of hydrogen-bond donors (Lipinski definition) is 0. The predicted octanol–water partition coefficient (Wildman–Crippen LogP) is 5.41. The van der Waals surface area contributed by atoms with Crippen LogP contribution in [-0.2, 0) is 0 Å². The van der Waals surface area contributed by atoms with Crippen molar-refractivity contribution in [1.29, 1.82) is 0 Å². The van der Waals surface area contributed by atoms with Gasteiger partial charge in [0.1, 0.15) is 11.8 Å². The number of ether oxygens (including phenoxy) is 2. The number of thiazole rings is 1. The summed E-state index contributed by atoms with van der Waals surface area (Å²) in [5, 5.41) is 6.36. The van der Waals surface area contributed by atoms with Gasteiger partial charge >= 0.3 is 0 Å². The normalized spacial score (nSPS) is 11.3. The first kappa shape index (κ1) is 23.3. The molecule has 36 heavy (non-hydrogen) atoms. The number of fused-ring (bicyclic) bond motifs is 2. The van der Waals surface area contributed by atoms with Crippen LogP contribution in [0.25, 0.3) is 21.2 Å². The molecule has 2 aromatic heterocycles. The van der Waals surface area contributed by atoms with Gasteiger partial charge in [0.25, 0.3) is 5.91 Å². The zero-order valence-electron chi connectivity index (χ0n) is 19.7. The van der Waals surface area contributed by atoms with Crippen LogP contribution in [0.2, 0.25) is 0 Å². The Morgan fingerprint density at radius 1 is 1.06 bits per heavy atom. The lowest BCUT2D eigenvalue weighted by Crippen LogP contribution is -2.26. The Hall–Kier alpha value is -4.50. The maximum Gasteiger partial charge on any atom is 0.280 e. The second-order valence-corrected chi connectivity index (χ2v) is 8.92. The SMILES string of the molecule is COc1ccc(C(=O)N(/N=C/c2coc3ccccc3c2=O)c2nc3ccc(C)cc3s2)cc1OC. The summed E-state index contributed by atoms with van der Waals surface area (Å²) >= 11 is 1.32. The van der Waals surface area contributed by atoms with Crippen molar-refractivity contribution < 1.29 is 18.7 Å². The van der Waals surface area contributed by atoms with Crippen molar-refractivity contribution >= 4 is 49.8 Å². The lowest BCUT2D eigenvalue weighted by molar-refractivity contribution is 0.0987. The number of carbonyl (C=O) groups excluding carboxylic acids is 1. The molecule has 180 valence electrons. The van der Waals surface area contributed by atoms with Gasteiger partial charge in [0.2, 0.25) is 10.6 Å². The maximum absolute atomic E-state index is 13.7. The first-order valence-corrected chi connectivity index (χ1v) is 11.8. The minimum atomic E-state index is -0.451. The van der Waals surface area contributed by atoms with Crippen LogP contribution in [0.15, 0.2) is 81.2 Å². The number of hydrazone groups is 1. The van der Waals surface area contributed by atoms with Gasteiger partial charge in [0, 0.05) is 5.56 Å². The first-order valence-electron chi connectivity index (χ1n) is 11.0. The van der Waals surface area contributed by atoms with Crippen LogP contribution < -0.4 is 19.9 Å². The Morgan fingerprint density at radius 2 is 1.86 bits per heavy atom. The standard InChI is InChI=1S/C27H21N3O5S/c1-16-8-10-20-24(12-16)36-27(29-20)30(26(32)17-9-11-22(33-2)23(13-17)34-3)28-14-18-15-35-21-7-5-4-6-19(21)25(18)31/h4-15H,1-3H3/b28-14+. The van der Waals surface area contributed by atoms with Gasteiger partial charge in [-0.2, -0.15) is 10.1 Å². The van der Waals surface area contributed by atoms with Crippen LogP contribution in [0, 0.1) is 6.92 Å². The molecule has 3 aromatic carbocycles. The van der Waals surface area contributed by atoms with E-state index in [0.29, 0.717) is 33.2 Å². The van der Waals surface area contributed by atoms with Crippen molar-refractivity contribution in [1.82, 2.24) is 4.98 Å². The molecule has 0 spiro atoms. The Bertz CT molecular complexity index is 1690. The summed E-state index contributed by atoms with van der Waals surface area (Å²) in [4.78, 5) is 31.2. The van der Waals surface area contributed by atoms with Crippen LogP contribution in [0.5, 0.6) is 11.5 Å². The number of methoxy groups -OCH3 is 2. The van der Waals surface area contributed by atoms with Crippen molar-refractivity contribution in [3.63, 3.8) is 0 Å². The van der Waals surface area contributed by atoms with E-state index < -0.39 is 5.91 Å². The van der Waals surface area contributed by atoms with Crippen molar-refractivity contribution in [2.24, 2.45) is 5.10 Å². The van der Waals surface area contributed by atoms with Crippen LogP contribution in [0.1, 0.15) is 21.5 Å². The smallest absolute Gasteiger partial charge is 0.280 e. The van der Waals surface area contributed by atoms with Gasteiger partial charge in [-0.25, -0.2) is 4.98 Å². The van der Waals surface area contributed by atoms with Crippen LogP contribution in [0.3, 0.4) is 0 Å². The summed E-state index contributed by atoms with van der Waals surface area (Å²) in [7, 11) is 3.02. The predicted molar refractivity (Wildman–Crippen MR) is 141 cm³/mol. The summed E-state index contributed by atoms with van der Waals surface area (Å²) in [5.74, 6) is 0.448. The van der Waals surface area contributed by atoms with Crippen molar-refractivity contribution in [2.75, 3.05) is 19.2 Å². The van der Waals surface area contributed by atoms with E-state index in [1.54, 1.807) is 42.5 Å². The molecule has 8 nitrogen and oxygen atoms in total. The molecule has 0 N–H and O–H groups in total. The molecule has 2 heterocycles. The van der Waals surface area contributed by atoms with E-state index in [-0.39, 0.29) is 11.0 Å². The Balaban J connectivity index is 1.60. The fourth-order valence-corrected chi connectivity index (χ4v) is 4.71. The van der Waals surface area contributed by atoms with Gasteiger partial charge in [-0.15, -0.1) is 0 Å². The lowest BCUT2D eigenvalue weighted by Gasteiger charge is -2.15. The number of carbonyl (C=O) groups is 1. The quantitative estimate of drug-likeness (QED) is 0.229. The number of hydrogen-bond acceptors (Lipinski definition) is 8. The number of aryl methyl sites for hydroxylation is 1. The van der Waals surface area contributed by atoms with Gasteiger partial charge in [-0.05, 0) is 55.0 Å². The molecular formula is C27H21N3O5S. The minimum Gasteiger partial charge on any atom is -0.493 e. The minimum absolute atomic E-state index is 0.204. The molecule has 1 amide bonds. The molecule has 0 bridgehead atoms. The molecule has 0 unspecified atom stereocenters. The van der Waals surface area contributed by atoms with Crippen molar-refractivity contribution in [2.45, 2.75) is 6.92 Å². The number of rotatable bonds is 6. The van der Waals surface area contributed by atoms with Gasteiger partial charge in [-0.3, -0.25) is 9.59 Å². The molecule has 0 aliphatic carbocycles. The summed E-state index contributed by atoms with van der Waals surface area (Å²) in [6, 6.07) is 17.6. The Kier molecular flexibility index (Phi) is 6.22. The largest absolute Gasteiger partial charge is 0.493 e. The number of anilines is 1. The Morgan fingerprint density at radius 3 is 2.67 bits per heavy atom. The van der Waals surface area contributed by atoms with E-state index in [2.05, 4.69) is 10.1 Å². The van der Waals surface area contributed by atoms with Crippen LogP contribution >= 0.6 is 11.3 Å². The summed E-state index contributed by atoms with van der Waals surface area (Å²) < 4.78 is 17.1. The van der Waals surface area contributed by atoms with E-state index >= 15 is 0 Å². The second kappa shape index (κ2) is 9.63. The topological polar surface area (TPSA) is 94.2 Å². The number of nitrogens with zero attached hydrogens (tertiary/aromatic N) is 3. The number of para-hydroxylation sites is 1. The molecule has 0 atom stereocenters. The number of aromatic nitrogens is 1. The Labute approximate surface area is 210 Å². The van der Waals surface area contributed by atoms with Gasteiger partial charge in [-0.1, -0.05) is 29.5 Å². The molecule has 5 rings (SSSR count). The zero-order chi connectivity index (χ0) is 25.2. The number of benzene rings is 3. The van der Waals surface area contributed by atoms with Gasteiger partial charge < -0.3 is 13.9 Å². The van der Waals surface area contributed by atoms with Crippen molar-refractivity contribution in [3.8, 4) is 11.5 Å². The molecule has 0 aliphatic rings. The summed E-state index contributed by atoms with van der Waals surface area (Å²) in [6.45, 7) is 1.99. The van der Waals surface area contributed by atoms with Crippen LogP contribution in [0.4, 0.5) is 5.13 Å².